The molecule has 0 saturated carbocycles. The molecule has 0 aliphatic carbocycles. The molecule has 0 N–H and O–H groups in total. The Morgan fingerprint density at radius 2 is 1.75 bits per heavy atom. The van der Waals surface area contributed by atoms with E-state index in [2.05, 4.69) is 0 Å². The summed E-state index contributed by atoms with van der Waals surface area (Å²) in [5.41, 5.74) is 0. The lowest BCUT2D eigenvalue weighted by Crippen LogP contribution is -2.44. The molecule has 2 unspecified atom stereocenters. The Kier molecular flexibility index (Phi) is 6.20. The lowest BCUT2D eigenvalue weighted by atomic mass is 10.1. The number of alkyl halides is 6. The van der Waals surface area contributed by atoms with E-state index in [4.69, 9.17) is 0 Å². The van der Waals surface area contributed by atoms with Gasteiger partial charge in [0.05, 0.1) is 0 Å². The largest absolute Gasteiger partial charge is 0.314 e. The van der Waals surface area contributed by atoms with Crippen molar-refractivity contribution >= 4 is 16.9 Å². The smallest absolute Gasteiger partial charge is 0.288 e. The third-order valence-corrected chi connectivity index (χ3v) is 2.53. The summed E-state index contributed by atoms with van der Waals surface area (Å²) in [6.07, 6.45) is -11.6. The average Bonchev–Trinajstić information content (AvgIpc) is 2.15. The molecule has 0 amide bonds. The number of thioether (sulfide) groups is 1. The van der Waals surface area contributed by atoms with E-state index in [1.807, 2.05) is 0 Å². The summed E-state index contributed by atoms with van der Waals surface area (Å²) in [7, 11) is 0. The van der Waals surface area contributed by atoms with Crippen molar-refractivity contribution in [2.45, 2.75) is 38.0 Å². The highest BCUT2D eigenvalue weighted by molar-refractivity contribution is 8.13. The maximum absolute atomic E-state index is 12.8. The van der Waals surface area contributed by atoms with Gasteiger partial charge in [0.1, 0.15) is 0 Å². The van der Waals surface area contributed by atoms with Crippen molar-refractivity contribution < 1.29 is 31.1 Å². The van der Waals surface area contributed by atoms with Crippen molar-refractivity contribution in [1.82, 2.24) is 0 Å². The second kappa shape index (κ2) is 6.36. The van der Waals surface area contributed by atoms with Crippen LogP contribution in [0, 0.1) is 0 Å². The van der Waals surface area contributed by atoms with Gasteiger partial charge < -0.3 is 0 Å². The van der Waals surface area contributed by atoms with E-state index in [0.29, 0.717) is 11.8 Å². The van der Waals surface area contributed by atoms with Gasteiger partial charge in [-0.15, -0.1) is 0 Å². The molecule has 0 bridgehead atoms. The first-order valence-corrected chi connectivity index (χ1v) is 5.25. The molecule has 96 valence electrons. The summed E-state index contributed by atoms with van der Waals surface area (Å²) in [5, 5.41) is -0.416. The van der Waals surface area contributed by atoms with Gasteiger partial charge >= 0.3 is 5.92 Å². The summed E-state index contributed by atoms with van der Waals surface area (Å²) < 4.78 is 73.8. The lowest BCUT2D eigenvalue weighted by molar-refractivity contribution is -0.166. The van der Waals surface area contributed by atoms with Crippen LogP contribution in [0.1, 0.15) is 13.3 Å². The fourth-order valence-electron chi connectivity index (χ4n) is 0.839. The summed E-state index contributed by atoms with van der Waals surface area (Å²) in [6, 6.07) is 0. The Bertz CT molecular complexity index is 235. The first-order chi connectivity index (χ1) is 7.19. The van der Waals surface area contributed by atoms with Gasteiger partial charge in [-0.05, 0) is 6.42 Å². The minimum Gasteiger partial charge on any atom is -0.288 e. The molecule has 0 heterocycles. The van der Waals surface area contributed by atoms with Crippen LogP contribution in [-0.2, 0) is 4.79 Å². The molecule has 8 heteroatoms. The molecule has 2 atom stereocenters. The number of carbonyl (C=O) groups is 1. The lowest BCUT2D eigenvalue weighted by Gasteiger charge is -2.23. The standard InChI is InChI=1S/C8H10F6OS/c1-4(15)16-3-2-5(9)8(13,14)6(10)7(11)12/h5-7H,2-3H2,1H3. The highest BCUT2D eigenvalue weighted by Gasteiger charge is 2.52. The van der Waals surface area contributed by atoms with Gasteiger partial charge in [-0.1, -0.05) is 11.8 Å². The third kappa shape index (κ3) is 4.63. The Morgan fingerprint density at radius 3 is 2.12 bits per heavy atom. The van der Waals surface area contributed by atoms with Crippen LogP contribution in [0.3, 0.4) is 0 Å². The van der Waals surface area contributed by atoms with Crippen molar-refractivity contribution in [2.75, 3.05) is 5.75 Å². The predicted molar refractivity (Wildman–Crippen MR) is 48.5 cm³/mol. The normalized spacial score (nSPS) is 16.2. The maximum Gasteiger partial charge on any atom is 0.314 e. The first-order valence-electron chi connectivity index (χ1n) is 4.27. The van der Waals surface area contributed by atoms with Crippen molar-refractivity contribution in [1.29, 1.82) is 0 Å². The molecule has 0 spiro atoms. The number of rotatable bonds is 6. The van der Waals surface area contributed by atoms with Gasteiger partial charge in [-0.2, -0.15) is 8.78 Å². The van der Waals surface area contributed by atoms with Crippen LogP contribution in [-0.4, -0.2) is 35.6 Å². The SMILES string of the molecule is CC(=O)SCCC(F)C(F)(F)C(F)C(F)F. The summed E-state index contributed by atoms with van der Waals surface area (Å²) in [5.74, 6) is -5.03. The molecular weight excluding hydrogens is 258 g/mol. The molecular formula is C8H10F6OS. The van der Waals surface area contributed by atoms with Crippen LogP contribution >= 0.6 is 11.8 Å². The van der Waals surface area contributed by atoms with Crippen LogP contribution in [0.2, 0.25) is 0 Å². The molecule has 1 nitrogen and oxygen atoms in total. The van der Waals surface area contributed by atoms with Gasteiger partial charge in [-0.3, -0.25) is 4.79 Å². The topological polar surface area (TPSA) is 17.1 Å². The van der Waals surface area contributed by atoms with E-state index in [1.165, 1.54) is 0 Å². The fraction of sp³-hybridized carbons (Fsp3) is 0.875. The van der Waals surface area contributed by atoms with Gasteiger partial charge in [0.25, 0.3) is 6.43 Å². The molecule has 0 aromatic heterocycles. The quantitative estimate of drug-likeness (QED) is 0.688. The summed E-state index contributed by atoms with van der Waals surface area (Å²) >= 11 is 0.574. The van der Waals surface area contributed by atoms with Crippen molar-refractivity contribution in [3.63, 3.8) is 0 Å². The van der Waals surface area contributed by atoms with E-state index in [-0.39, 0.29) is 5.75 Å². The molecule has 0 rings (SSSR count). The van der Waals surface area contributed by atoms with Crippen LogP contribution in [0.5, 0.6) is 0 Å². The number of hydrogen-bond acceptors (Lipinski definition) is 2. The van der Waals surface area contributed by atoms with E-state index >= 15 is 0 Å². The minimum absolute atomic E-state index is 0.304. The maximum atomic E-state index is 12.8. The second-order valence-electron chi connectivity index (χ2n) is 3.01. The zero-order valence-corrected chi connectivity index (χ0v) is 9.05. The van der Waals surface area contributed by atoms with Crippen LogP contribution in [0.4, 0.5) is 26.3 Å². The zero-order valence-electron chi connectivity index (χ0n) is 8.23. The Labute approximate surface area is 92.6 Å². The Morgan fingerprint density at radius 1 is 1.25 bits per heavy atom. The summed E-state index contributed by atoms with van der Waals surface area (Å²) in [4.78, 5) is 10.4. The van der Waals surface area contributed by atoms with E-state index < -0.39 is 36.2 Å². The summed E-state index contributed by atoms with van der Waals surface area (Å²) in [6.45, 7) is 1.15. The monoisotopic (exact) mass is 268 g/mol. The average molecular weight is 268 g/mol. The second-order valence-corrected chi connectivity index (χ2v) is 4.28. The Balaban J connectivity index is 4.23. The van der Waals surface area contributed by atoms with Gasteiger partial charge in [0.15, 0.2) is 11.3 Å². The molecule has 0 aliphatic rings. The van der Waals surface area contributed by atoms with Crippen molar-refractivity contribution in [2.24, 2.45) is 0 Å². The first kappa shape index (κ1) is 15.6. The molecule has 0 aromatic carbocycles. The minimum atomic E-state index is -4.73. The van der Waals surface area contributed by atoms with Crippen LogP contribution < -0.4 is 0 Å². The number of halogens is 6. The van der Waals surface area contributed by atoms with E-state index in [1.54, 1.807) is 0 Å². The predicted octanol–water partition coefficient (Wildman–Crippen LogP) is 3.23. The molecule has 0 aromatic rings. The van der Waals surface area contributed by atoms with Crippen molar-refractivity contribution in [3.8, 4) is 0 Å². The van der Waals surface area contributed by atoms with Crippen LogP contribution in [0.15, 0.2) is 0 Å². The number of carbonyl (C=O) groups excluding carboxylic acids is 1. The number of hydrogen-bond donors (Lipinski definition) is 0. The molecule has 0 aliphatic heterocycles. The van der Waals surface area contributed by atoms with E-state index in [9.17, 15) is 31.1 Å². The van der Waals surface area contributed by atoms with Crippen molar-refractivity contribution in [3.05, 3.63) is 0 Å². The molecule has 0 radical (unpaired) electrons. The molecule has 0 saturated heterocycles. The van der Waals surface area contributed by atoms with E-state index in [0.717, 1.165) is 6.92 Å². The fourth-order valence-corrected chi connectivity index (χ4v) is 1.45. The molecule has 0 fully saturated rings. The van der Waals surface area contributed by atoms with Gasteiger partial charge in [-0.25, -0.2) is 17.6 Å². The highest BCUT2D eigenvalue weighted by Crippen LogP contribution is 2.33. The zero-order chi connectivity index (χ0) is 12.9. The van der Waals surface area contributed by atoms with Gasteiger partial charge in [0, 0.05) is 12.7 Å². The van der Waals surface area contributed by atoms with Gasteiger partial charge in [0.2, 0.25) is 6.17 Å². The third-order valence-electron chi connectivity index (χ3n) is 1.68. The van der Waals surface area contributed by atoms with Crippen LogP contribution in [0.25, 0.3) is 0 Å². The molecule has 16 heavy (non-hydrogen) atoms. The Hall–Kier alpha value is -0.400. The highest BCUT2D eigenvalue weighted by atomic mass is 32.2.